The van der Waals surface area contributed by atoms with E-state index < -0.39 is 290 Å². The van der Waals surface area contributed by atoms with Gasteiger partial charge in [-0.25, -0.2) is 0 Å². The van der Waals surface area contributed by atoms with E-state index in [9.17, 15) is 19.2 Å². The quantitative estimate of drug-likeness (QED) is 0.134. The lowest BCUT2D eigenvalue weighted by Crippen LogP contribution is -1.91. The first-order chi connectivity index (χ1) is 37.8. The molecule has 10 aromatic carbocycles. The third-order valence-electron chi connectivity index (χ3n) is 8.51. The summed E-state index contributed by atoms with van der Waals surface area (Å²) in [5, 5.41) is -7.64. The monoisotopic (exact) mass is 676 g/mol. The molecule has 0 saturated heterocycles. The number of hydrogen-bond acceptors (Lipinski definition) is 1. The minimum Gasteiger partial charge on any atom is -0.456 e. The summed E-state index contributed by atoms with van der Waals surface area (Å²) in [5.74, 6) is 0. The van der Waals surface area contributed by atoms with Crippen molar-refractivity contribution in [2.45, 2.75) is 0 Å². The van der Waals surface area contributed by atoms with Crippen LogP contribution in [0.1, 0.15) is 41.1 Å². The van der Waals surface area contributed by atoms with Crippen LogP contribution >= 0.6 is 0 Å². The van der Waals surface area contributed by atoms with Gasteiger partial charge in [0.2, 0.25) is 0 Å². The highest BCUT2D eigenvalue weighted by Crippen LogP contribution is 2.46. The molecule has 0 aliphatic rings. The predicted molar refractivity (Wildman–Crippen MR) is 218 cm³/mol. The molecule has 0 aliphatic carbocycles. The van der Waals surface area contributed by atoms with Crippen LogP contribution in [0.15, 0.2) is 186 Å². The summed E-state index contributed by atoms with van der Waals surface area (Å²) < 4.78 is 278. The highest BCUT2D eigenvalue weighted by Gasteiger charge is 2.19. The van der Waals surface area contributed by atoms with E-state index >= 15 is 0 Å². The topological polar surface area (TPSA) is 13.1 Å². The molecule has 1 heteroatoms. The van der Waals surface area contributed by atoms with E-state index in [1.54, 1.807) is 0 Å². The van der Waals surface area contributed by atoms with Crippen molar-refractivity contribution in [3.8, 4) is 33.4 Å². The first-order valence-electron chi connectivity index (χ1n) is 30.2. The van der Waals surface area contributed by atoms with Gasteiger partial charge in [-0.1, -0.05) is 151 Å². The second-order valence-electron chi connectivity index (χ2n) is 11.3. The molecule has 0 N–H and O–H groups in total. The summed E-state index contributed by atoms with van der Waals surface area (Å²) >= 11 is 0. The molecule has 0 unspecified atom stereocenters. The molecule has 0 amide bonds. The fourth-order valence-corrected chi connectivity index (χ4v) is 6.33. The van der Waals surface area contributed by atoms with E-state index in [4.69, 9.17) is 26.3 Å². The third-order valence-corrected chi connectivity index (χ3v) is 8.51. The van der Waals surface area contributed by atoms with Crippen LogP contribution in [0.4, 0.5) is 0 Å². The summed E-state index contributed by atoms with van der Waals surface area (Å²) in [7, 11) is 0. The van der Waals surface area contributed by atoms with Gasteiger partial charge in [0.05, 0.1) is 41.1 Å². The highest BCUT2D eigenvalue weighted by atomic mass is 16.3. The lowest BCUT2D eigenvalue weighted by atomic mass is 9.85. The molecule has 11 aromatic rings. The molecule has 0 bridgehead atoms. The minimum atomic E-state index is -1.08. The largest absolute Gasteiger partial charge is 0.456 e. The average molecular weight is 677 g/mol. The zero-order valence-electron chi connectivity index (χ0n) is 55.4. The zero-order chi connectivity index (χ0) is 59.6. The van der Waals surface area contributed by atoms with Crippen LogP contribution in [0.25, 0.3) is 109 Å². The summed E-state index contributed by atoms with van der Waals surface area (Å²) in [5.41, 5.74) is -5.75. The molecule has 0 spiro atoms. The third kappa shape index (κ3) is 4.28. The van der Waals surface area contributed by atoms with Crippen LogP contribution in [0, 0.1) is 0 Å². The molecule has 1 nitrogen and oxygen atoms in total. The Bertz CT molecular complexity index is 4820. The molecule has 51 heavy (non-hydrogen) atoms. The summed E-state index contributed by atoms with van der Waals surface area (Å²) in [4.78, 5) is 0. The maximum Gasteiger partial charge on any atom is 0.136 e. The molecule has 236 valence electrons. The SMILES string of the molecule is [2H]c1c([2H])c([2H])c(-c2c([2H])c([2H])c3c(c2[2H])c([2H])c([2H])c2c([2H])c(-c4c5c([2H])c([2H])c([2H])c([2H])c5c(-c5c([2H])c([2H])c6oc7c([2H])c([2H])c8c([2H])c([2H])c([2H])c([2H])c8c7c6c5[2H])c5c([2H])c([2H])c([2H])c([2H])c45)c([2H])c([2H])c23)c([2H])c1[2H]. The molecule has 0 aliphatic heterocycles. The lowest BCUT2D eigenvalue weighted by molar-refractivity contribution is 0.669. The van der Waals surface area contributed by atoms with Crippen LogP contribution in [0.2, 0.25) is 0 Å². The van der Waals surface area contributed by atoms with Gasteiger partial charge in [0.15, 0.2) is 0 Å². The van der Waals surface area contributed by atoms with Crippen molar-refractivity contribution in [3.63, 3.8) is 0 Å². The number of rotatable bonds is 3. The van der Waals surface area contributed by atoms with Gasteiger partial charge in [0.1, 0.15) is 11.2 Å². The second kappa shape index (κ2) is 10.9. The molecular formula is C50H30O. The fraction of sp³-hybridized carbons (Fsp3) is 0. The van der Waals surface area contributed by atoms with Gasteiger partial charge in [-0.3, -0.25) is 0 Å². The number of benzene rings is 10. The van der Waals surface area contributed by atoms with E-state index in [1.807, 2.05) is 0 Å². The Morgan fingerprint density at radius 1 is 0.294 bits per heavy atom. The van der Waals surface area contributed by atoms with Crippen LogP contribution in [0.3, 0.4) is 0 Å². The first-order valence-corrected chi connectivity index (χ1v) is 15.2. The Morgan fingerprint density at radius 2 is 0.784 bits per heavy atom. The lowest BCUT2D eigenvalue weighted by Gasteiger charge is -2.18. The van der Waals surface area contributed by atoms with Crippen molar-refractivity contribution < 1.29 is 45.5 Å². The summed E-state index contributed by atoms with van der Waals surface area (Å²) in [6.07, 6.45) is 0. The zero-order valence-corrected chi connectivity index (χ0v) is 25.4. The molecule has 0 atom stereocenters. The number of fused-ring (bicyclic) bond motifs is 10. The molecule has 1 heterocycles. The van der Waals surface area contributed by atoms with Gasteiger partial charge in [-0.05, 0) is 117 Å². The van der Waals surface area contributed by atoms with Crippen LogP contribution in [-0.2, 0) is 0 Å². The molecule has 0 saturated carbocycles. The Morgan fingerprint density at radius 3 is 1.45 bits per heavy atom. The normalized spacial score (nSPS) is 20.2. The maximum absolute atomic E-state index is 9.94. The van der Waals surface area contributed by atoms with Gasteiger partial charge in [-0.15, -0.1) is 0 Å². The summed E-state index contributed by atoms with van der Waals surface area (Å²) in [6, 6.07) is -27.7. The van der Waals surface area contributed by atoms with Gasteiger partial charge < -0.3 is 4.42 Å². The van der Waals surface area contributed by atoms with E-state index in [2.05, 4.69) is 0 Å². The van der Waals surface area contributed by atoms with Gasteiger partial charge in [-0.2, -0.15) is 0 Å². The van der Waals surface area contributed by atoms with Gasteiger partial charge in [0, 0.05) is 10.8 Å². The van der Waals surface area contributed by atoms with Gasteiger partial charge in [0.25, 0.3) is 0 Å². The van der Waals surface area contributed by atoms with Crippen molar-refractivity contribution in [2.24, 2.45) is 0 Å². The van der Waals surface area contributed by atoms with E-state index in [1.165, 1.54) is 0 Å². The van der Waals surface area contributed by atoms with E-state index in [-0.39, 0.29) is 0 Å². The Kier molecular flexibility index (Phi) is 2.50. The minimum absolute atomic E-state index is 0.415. The number of hydrogen-bond donors (Lipinski definition) is 0. The predicted octanol–water partition coefficient (Wildman–Crippen LogP) is 14.4. The Balaban J connectivity index is 1.38. The van der Waals surface area contributed by atoms with Crippen LogP contribution in [0.5, 0.6) is 0 Å². The highest BCUT2D eigenvalue weighted by molar-refractivity contribution is 6.24. The van der Waals surface area contributed by atoms with Crippen molar-refractivity contribution in [3.05, 3.63) is 181 Å². The summed E-state index contributed by atoms with van der Waals surface area (Å²) in [6.45, 7) is 0. The van der Waals surface area contributed by atoms with Crippen LogP contribution < -0.4 is 0 Å². The maximum atomic E-state index is 9.94. The van der Waals surface area contributed by atoms with Crippen molar-refractivity contribution in [1.82, 2.24) is 0 Å². The Labute approximate surface area is 336 Å². The Hall–Kier alpha value is -6.70. The fourth-order valence-electron chi connectivity index (χ4n) is 6.33. The van der Waals surface area contributed by atoms with E-state index in [0.717, 1.165) is 0 Å². The van der Waals surface area contributed by atoms with Crippen molar-refractivity contribution >= 4 is 75.8 Å². The second-order valence-corrected chi connectivity index (χ2v) is 11.3. The van der Waals surface area contributed by atoms with Crippen molar-refractivity contribution in [2.75, 3.05) is 0 Å². The number of furan rings is 1. The van der Waals surface area contributed by atoms with Gasteiger partial charge >= 0.3 is 0 Å². The molecule has 11 rings (SSSR count). The standard InChI is InChI=1S/C50H30O/c1-2-10-31(11-3-1)33-20-24-38-34(28-33)18-19-35-29-36(21-25-39(35)38)48-41-14-6-8-16-43(41)49(44-17-9-7-15-42(44)48)37-23-26-46-45(30-37)50-40-13-5-4-12-32(40)22-27-47(50)51-46/h1-30H/i1D,2D,3D,4D,5D,6D,7D,8D,9D,10D,11D,12D,13D,14D,15D,16D,17D,18D,19D,20D,21D,22D,23D,24D,25D,26D,27D,28D,29D,30D. The molecule has 1 aromatic heterocycles. The average Bonchev–Trinajstić information content (AvgIpc) is 3.37. The van der Waals surface area contributed by atoms with Crippen LogP contribution in [-0.4, -0.2) is 0 Å². The first kappa shape index (κ1) is 11.7. The smallest absolute Gasteiger partial charge is 0.136 e. The van der Waals surface area contributed by atoms with E-state index in [0.29, 0.717) is 0 Å². The molecule has 0 fully saturated rings. The molecular weight excluding hydrogens is 617 g/mol. The molecule has 0 radical (unpaired) electrons. The van der Waals surface area contributed by atoms with Crippen molar-refractivity contribution in [1.29, 1.82) is 0 Å².